The molecule has 0 aliphatic heterocycles. The molecule has 9 nitrogen and oxygen atoms in total. The second-order valence-corrected chi connectivity index (χ2v) is 5.75. The fourth-order valence-corrected chi connectivity index (χ4v) is 2.59. The van der Waals surface area contributed by atoms with Gasteiger partial charge in [0.1, 0.15) is 6.20 Å². The highest BCUT2D eigenvalue weighted by molar-refractivity contribution is 5.76. The summed E-state index contributed by atoms with van der Waals surface area (Å²) in [5.74, 6) is 1.28. The van der Waals surface area contributed by atoms with Crippen molar-refractivity contribution in [3.63, 3.8) is 0 Å². The highest BCUT2D eigenvalue weighted by atomic mass is 16.6. The van der Waals surface area contributed by atoms with E-state index in [0.29, 0.717) is 43.5 Å². The van der Waals surface area contributed by atoms with E-state index in [2.05, 4.69) is 10.3 Å². The fraction of sp³-hybridized carbons (Fsp3) is 0.444. The van der Waals surface area contributed by atoms with Crippen molar-refractivity contribution >= 4 is 11.7 Å². The van der Waals surface area contributed by atoms with Gasteiger partial charge in [0.2, 0.25) is 0 Å². The minimum atomic E-state index is -0.553. The van der Waals surface area contributed by atoms with Crippen molar-refractivity contribution in [2.75, 3.05) is 19.8 Å². The van der Waals surface area contributed by atoms with Gasteiger partial charge in [-0.1, -0.05) is 6.07 Å². The van der Waals surface area contributed by atoms with E-state index in [1.165, 1.54) is 4.57 Å². The van der Waals surface area contributed by atoms with E-state index in [1.54, 1.807) is 6.92 Å². The minimum Gasteiger partial charge on any atom is -0.490 e. The number of nitrogens with zero attached hydrogens (tertiary/aromatic N) is 3. The number of aromatic nitrogens is 2. The predicted octanol–water partition coefficient (Wildman–Crippen LogP) is 2.26. The van der Waals surface area contributed by atoms with Gasteiger partial charge in [0.05, 0.1) is 13.2 Å². The number of nitro groups is 1. The molecule has 2 rings (SSSR count). The van der Waals surface area contributed by atoms with Gasteiger partial charge in [0.15, 0.2) is 23.9 Å². The number of benzene rings is 1. The van der Waals surface area contributed by atoms with Crippen LogP contribution in [-0.4, -0.2) is 40.1 Å². The molecular weight excluding hydrogens is 352 g/mol. The summed E-state index contributed by atoms with van der Waals surface area (Å²) in [5, 5.41) is 13.7. The van der Waals surface area contributed by atoms with Gasteiger partial charge in [0.25, 0.3) is 5.91 Å². The molecule has 1 aromatic heterocycles. The maximum Gasteiger partial charge on any atom is 0.343 e. The van der Waals surface area contributed by atoms with Crippen molar-refractivity contribution in [3.05, 3.63) is 45.9 Å². The Labute approximate surface area is 157 Å². The number of aryl methyl sites for hydroxylation is 1. The lowest BCUT2D eigenvalue weighted by atomic mass is 10.1. The van der Waals surface area contributed by atoms with Crippen LogP contribution in [0.25, 0.3) is 0 Å². The molecule has 0 fully saturated rings. The molecule has 146 valence electrons. The van der Waals surface area contributed by atoms with Gasteiger partial charge in [-0.15, -0.1) is 0 Å². The van der Waals surface area contributed by atoms with E-state index >= 15 is 0 Å². The van der Waals surface area contributed by atoms with E-state index in [0.717, 1.165) is 11.8 Å². The largest absolute Gasteiger partial charge is 0.490 e. The van der Waals surface area contributed by atoms with Crippen LogP contribution in [0.4, 0.5) is 5.82 Å². The van der Waals surface area contributed by atoms with Crippen molar-refractivity contribution in [1.29, 1.82) is 0 Å². The molecule has 27 heavy (non-hydrogen) atoms. The van der Waals surface area contributed by atoms with E-state index in [9.17, 15) is 14.9 Å². The third kappa shape index (κ3) is 5.44. The van der Waals surface area contributed by atoms with Crippen molar-refractivity contribution in [2.45, 2.75) is 33.7 Å². The van der Waals surface area contributed by atoms with Gasteiger partial charge in [-0.2, -0.15) is 0 Å². The standard InChI is InChI=1S/C18H24N4O5/c1-4-26-15-7-6-14(10-16(15)27-5-2)8-9-19-17(23)12-21-13(3)20-11-18(21)22(24)25/h6-7,10-11H,4-5,8-9,12H2,1-3H3,(H,19,23). The zero-order chi connectivity index (χ0) is 19.8. The Kier molecular flexibility index (Phi) is 7.16. The van der Waals surface area contributed by atoms with Crippen LogP contribution in [0.15, 0.2) is 24.4 Å². The van der Waals surface area contributed by atoms with E-state index in [1.807, 2.05) is 32.0 Å². The first kappa shape index (κ1) is 20.2. The van der Waals surface area contributed by atoms with Gasteiger partial charge < -0.3 is 24.9 Å². The number of nitrogens with one attached hydrogen (secondary N) is 1. The predicted molar refractivity (Wildman–Crippen MR) is 99.1 cm³/mol. The number of hydrogen-bond acceptors (Lipinski definition) is 6. The molecule has 2 aromatic rings. The second-order valence-electron chi connectivity index (χ2n) is 5.75. The lowest BCUT2D eigenvalue weighted by Crippen LogP contribution is -2.30. The molecule has 0 unspecified atom stereocenters. The zero-order valence-electron chi connectivity index (χ0n) is 15.7. The quantitative estimate of drug-likeness (QED) is 0.503. The van der Waals surface area contributed by atoms with Gasteiger partial charge >= 0.3 is 5.82 Å². The molecular formula is C18H24N4O5. The first-order chi connectivity index (χ1) is 13.0. The molecule has 1 aromatic carbocycles. The average molecular weight is 376 g/mol. The molecule has 9 heteroatoms. The van der Waals surface area contributed by atoms with Crippen LogP contribution in [0, 0.1) is 17.0 Å². The van der Waals surface area contributed by atoms with Gasteiger partial charge in [0, 0.05) is 13.5 Å². The molecule has 0 aliphatic rings. The summed E-state index contributed by atoms with van der Waals surface area (Å²) in [6, 6.07) is 5.67. The maximum atomic E-state index is 12.1. The van der Waals surface area contributed by atoms with Crippen molar-refractivity contribution < 1.29 is 19.2 Å². The number of rotatable bonds is 10. The Morgan fingerprint density at radius 3 is 2.63 bits per heavy atom. The van der Waals surface area contributed by atoms with E-state index < -0.39 is 4.92 Å². The summed E-state index contributed by atoms with van der Waals surface area (Å²) in [5.41, 5.74) is 0.993. The van der Waals surface area contributed by atoms with Crippen LogP contribution in [0.3, 0.4) is 0 Å². The number of imidazole rings is 1. The molecule has 1 N–H and O–H groups in total. The third-order valence-electron chi connectivity index (χ3n) is 3.87. The summed E-state index contributed by atoms with van der Waals surface area (Å²) in [7, 11) is 0. The highest BCUT2D eigenvalue weighted by Crippen LogP contribution is 2.28. The van der Waals surface area contributed by atoms with Crippen LogP contribution in [0.1, 0.15) is 25.2 Å². The monoisotopic (exact) mass is 376 g/mol. The Morgan fingerprint density at radius 1 is 1.26 bits per heavy atom. The molecule has 1 amide bonds. The summed E-state index contributed by atoms with van der Waals surface area (Å²) in [6.45, 7) is 6.77. The number of amides is 1. The Bertz CT molecular complexity index is 803. The van der Waals surface area contributed by atoms with E-state index in [4.69, 9.17) is 9.47 Å². The Morgan fingerprint density at radius 2 is 1.96 bits per heavy atom. The smallest absolute Gasteiger partial charge is 0.343 e. The minimum absolute atomic E-state index is 0.143. The van der Waals surface area contributed by atoms with Crippen molar-refractivity contribution in [2.24, 2.45) is 0 Å². The van der Waals surface area contributed by atoms with E-state index in [-0.39, 0.29) is 18.3 Å². The number of carbonyl (C=O) groups excluding carboxylic acids is 1. The molecule has 0 aliphatic carbocycles. The van der Waals surface area contributed by atoms with Crippen LogP contribution in [0.5, 0.6) is 11.5 Å². The summed E-state index contributed by atoms with van der Waals surface area (Å²) in [6.07, 6.45) is 1.75. The average Bonchev–Trinajstić information content (AvgIpc) is 2.98. The summed E-state index contributed by atoms with van der Waals surface area (Å²) >= 11 is 0. The molecule has 0 radical (unpaired) electrons. The number of hydrogen-bond donors (Lipinski definition) is 1. The van der Waals surface area contributed by atoms with Crippen molar-refractivity contribution in [1.82, 2.24) is 14.9 Å². The molecule has 0 bridgehead atoms. The molecule has 0 atom stereocenters. The fourth-order valence-electron chi connectivity index (χ4n) is 2.59. The third-order valence-corrected chi connectivity index (χ3v) is 3.87. The van der Waals surface area contributed by atoms with Gasteiger partial charge in [-0.05, 0) is 42.9 Å². The van der Waals surface area contributed by atoms with Crippen LogP contribution in [0.2, 0.25) is 0 Å². The van der Waals surface area contributed by atoms with Gasteiger partial charge in [-0.3, -0.25) is 4.79 Å². The molecule has 1 heterocycles. The lowest BCUT2D eigenvalue weighted by molar-refractivity contribution is -0.392. The highest BCUT2D eigenvalue weighted by Gasteiger charge is 2.19. The lowest BCUT2D eigenvalue weighted by Gasteiger charge is -2.12. The zero-order valence-corrected chi connectivity index (χ0v) is 15.7. The van der Waals surface area contributed by atoms with Crippen LogP contribution >= 0.6 is 0 Å². The summed E-state index contributed by atoms with van der Waals surface area (Å²) < 4.78 is 12.4. The van der Waals surface area contributed by atoms with Crippen molar-refractivity contribution in [3.8, 4) is 11.5 Å². The Hall–Kier alpha value is -3.10. The topological polar surface area (TPSA) is 109 Å². The van der Waals surface area contributed by atoms with Crippen LogP contribution in [-0.2, 0) is 17.8 Å². The first-order valence-corrected chi connectivity index (χ1v) is 8.78. The SMILES string of the molecule is CCOc1ccc(CCNC(=O)Cn2c([N+](=O)[O-])cnc2C)cc1OCC. The van der Waals surface area contributed by atoms with Gasteiger partial charge in [-0.25, -0.2) is 9.55 Å². The molecule has 0 spiro atoms. The molecule has 0 saturated carbocycles. The number of ether oxygens (including phenoxy) is 2. The number of carbonyl (C=O) groups is 1. The first-order valence-electron chi connectivity index (χ1n) is 8.78. The maximum absolute atomic E-state index is 12.1. The Balaban J connectivity index is 1.92. The summed E-state index contributed by atoms with van der Waals surface area (Å²) in [4.78, 5) is 26.4. The van der Waals surface area contributed by atoms with Crippen LogP contribution < -0.4 is 14.8 Å². The normalized spacial score (nSPS) is 10.5. The molecule has 0 saturated heterocycles. The second kappa shape index (κ2) is 9.56.